The van der Waals surface area contributed by atoms with Gasteiger partial charge in [0.25, 0.3) is 5.69 Å². The first-order chi connectivity index (χ1) is 18.1. The van der Waals surface area contributed by atoms with E-state index in [0.29, 0.717) is 11.1 Å². The molecule has 0 radical (unpaired) electrons. The van der Waals surface area contributed by atoms with Crippen molar-refractivity contribution in [2.45, 2.75) is 32.6 Å². The lowest BCUT2D eigenvalue weighted by Crippen LogP contribution is -2.42. The van der Waals surface area contributed by atoms with E-state index in [2.05, 4.69) is 5.32 Å². The van der Waals surface area contributed by atoms with Crippen LogP contribution in [-0.2, 0) is 32.0 Å². The minimum absolute atomic E-state index is 0.0633. The Morgan fingerprint density at radius 1 is 0.947 bits per heavy atom. The molecule has 0 aliphatic carbocycles. The maximum atomic E-state index is 12.8. The molecule has 0 bridgehead atoms. The van der Waals surface area contributed by atoms with Gasteiger partial charge in [-0.25, -0.2) is 14.2 Å². The van der Waals surface area contributed by atoms with Gasteiger partial charge in [0, 0.05) is 12.1 Å². The zero-order valence-electron chi connectivity index (χ0n) is 20.5. The molecule has 0 spiro atoms. The lowest BCUT2D eigenvalue weighted by molar-refractivity contribution is -0.384. The summed E-state index contributed by atoms with van der Waals surface area (Å²) < 4.78 is 28.4. The molecular weight excluding hydrogens is 515 g/mol. The molecule has 11 nitrogen and oxygen atoms in total. The van der Waals surface area contributed by atoms with Crippen LogP contribution >= 0.6 is 7.60 Å². The Morgan fingerprint density at radius 3 is 2.21 bits per heavy atom. The third kappa shape index (κ3) is 9.02. The summed E-state index contributed by atoms with van der Waals surface area (Å²) in [6, 6.07) is 19.7. The lowest BCUT2D eigenvalue weighted by Gasteiger charge is -2.20. The minimum atomic E-state index is -4.19. The molecular formula is C26H27N2O9P. The van der Waals surface area contributed by atoms with E-state index in [1.165, 1.54) is 24.3 Å². The van der Waals surface area contributed by atoms with Crippen molar-refractivity contribution in [2.24, 2.45) is 0 Å². The minimum Gasteiger partial charge on any atom is -0.459 e. The maximum Gasteiger partial charge on any atom is 0.408 e. The highest BCUT2D eigenvalue weighted by Crippen LogP contribution is 2.44. The van der Waals surface area contributed by atoms with Crippen molar-refractivity contribution in [3.8, 4) is 5.75 Å². The summed E-state index contributed by atoms with van der Waals surface area (Å²) in [4.78, 5) is 45.8. The van der Waals surface area contributed by atoms with E-state index in [1.807, 2.05) is 6.07 Å². The molecule has 0 heterocycles. The molecule has 3 rings (SSSR count). The standard InChI is InChI=1S/C26H27N2O9P/c1-19-7-5-6-10-24(19)37-38(33,34)16-15-23(25(29)35-17-20-8-3-2-4-9-20)27-26(30)36-18-21-11-13-22(14-12-21)28(31)32/h2-14,23H,15-18H2,1H3,(H,27,30)(H,33,34). The fourth-order valence-electron chi connectivity index (χ4n) is 3.28. The second-order valence-corrected chi connectivity index (χ2v) is 10.2. The van der Waals surface area contributed by atoms with E-state index in [4.69, 9.17) is 14.0 Å². The van der Waals surface area contributed by atoms with Gasteiger partial charge in [-0.1, -0.05) is 48.5 Å². The monoisotopic (exact) mass is 542 g/mol. The molecule has 0 fully saturated rings. The average Bonchev–Trinajstić information content (AvgIpc) is 2.90. The van der Waals surface area contributed by atoms with Gasteiger partial charge in [0.1, 0.15) is 25.0 Å². The molecule has 0 saturated heterocycles. The fourth-order valence-corrected chi connectivity index (χ4v) is 4.46. The number of alkyl carbamates (subject to hydrolysis) is 1. The number of para-hydroxylation sites is 1. The van der Waals surface area contributed by atoms with Crippen molar-refractivity contribution < 1.29 is 38.0 Å². The Bertz CT molecular complexity index is 1300. The number of nitro groups is 1. The van der Waals surface area contributed by atoms with Crippen LogP contribution in [0.2, 0.25) is 0 Å². The third-order valence-corrected chi connectivity index (χ3v) is 6.66. The molecule has 2 unspecified atom stereocenters. The fraction of sp³-hybridized carbons (Fsp3) is 0.231. The summed E-state index contributed by atoms with van der Waals surface area (Å²) in [6.07, 6.45) is -1.69. The van der Waals surface area contributed by atoms with Gasteiger partial charge in [-0.3, -0.25) is 10.1 Å². The van der Waals surface area contributed by atoms with Crippen molar-refractivity contribution in [3.63, 3.8) is 0 Å². The van der Waals surface area contributed by atoms with Crippen molar-refractivity contribution >= 4 is 25.3 Å². The van der Waals surface area contributed by atoms with E-state index in [9.17, 15) is 29.2 Å². The van der Waals surface area contributed by atoms with Gasteiger partial charge < -0.3 is 24.2 Å². The van der Waals surface area contributed by atoms with Gasteiger partial charge in [0.15, 0.2) is 0 Å². The number of nitrogens with one attached hydrogen (secondary N) is 1. The summed E-state index contributed by atoms with van der Waals surface area (Å²) in [7, 11) is -4.19. The van der Waals surface area contributed by atoms with E-state index in [0.717, 1.165) is 5.56 Å². The number of benzene rings is 3. The summed E-state index contributed by atoms with van der Waals surface area (Å²) in [5.74, 6) is -0.589. The Morgan fingerprint density at radius 2 is 1.55 bits per heavy atom. The number of carbonyl (C=O) groups excluding carboxylic acids is 2. The van der Waals surface area contributed by atoms with Crippen molar-refractivity contribution in [1.29, 1.82) is 0 Å². The Kier molecular flexibility index (Phi) is 9.98. The second-order valence-electron chi connectivity index (χ2n) is 8.30. The van der Waals surface area contributed by atoms with Gasteiger partial charge in [-0.05, 0) is 48.2 Å². The quantitative estimate of drug-likeness (QED) is 0.141. The number of non-ortho nitro benzene ring substituents is 1. The van der Waals surface area contributed by atoms with E-state index in [-0.39, 0.29) is 31.1 Å². The Balaban J connectivity index is 1.62. The zero-order chi connectivity index (χ0) is 27.5. The average molecular weight is 542 g/mol. The van der Waals surface area contributed by atoms with Crippen LogP contribution in [0.25, 0.3) is 0 Å². The molecule has 38 heavy (non-hydrogen) atoms. The first kappa shape index (κ1) is 28.4. The number of carbonyl (C=O) groups is 2. The summed E-state index contributed by atoms with van der Waals surface area (Å²) >= 11 is 0. The number of nitrogens with zero attached hydrogens (tertiary/aromatic N) is 1. The van der Waals surface area contributed by atoms with Crippen LogP contribution in [0.15, 0.2) is 78.9 Å². The largest absolute Gasteiger partial charge is 0.459 e. The van der Waals surface area contributed by atoms with Gasteiger partial charge in [0.2, 0.25) is 0 Å². The maximum absolute atomic E-state index is 12.8. The molecule has 1 amide bonds. The van der Waals surface area contributed by atoms with E-state index in [1.54, 1.807) is 55.5 Å². The lowest BCUT2D eigenvalue weighted by atomic mass is 10.2. The third-order valence-electron chi connectivity index (χ3n) is 5.35. The summed E-state index contributed by atoms with van der Waals surface area (Å²) in [5, 5.41) is 13.1. The van der Waals surface area contributed by atoms with Gasteiger partial charge in [0.05, 0.1) is 11.1 Å². The normalized spacial score (nSPS) is 13.0. The van der Waals surface area contributed by atoms with E-state index >= 15 is 0 Å². The van der Waals surface area contributed by atoms with Crippen molar-refractivity contribution in [2.75, 3.05) is 6.16 Å². The van der Waals surface area contributed by atoms with Gasteiger partial charge in [-0.15, -0.1) is 0 Å². The summed E-state index contributed by atoms with van der Waals surface area (Å²) in [5.41, 5.74) is 1.76. The smallest absolute Gasteiger partial charge is 0.408 e. The molecule has 3 aromatic carbocycles. The van der Waals surface area contributed by atoms with Crippen LogP contribution < -0.4 is 9.84 Å². The highest BCUT2D eigenvalue weighted by molar-refractivity contribution is 7.53. The highest BCUT2D eigenvalue weighted by Gasteiger charge is 2.29. The Hall–Kier alpha value is -4.21. The number of hydrogen-bond donors (Lipinski definition) is 2. The molecule has 12 heteroatoms. The van der Waals surface area contributed by atoms with E-state index < -0.39 is 36.8 Å². The predicted molar refractivity (Wildman–Crippen MR) is 138 cm³/mol. The predicted octanol–water partition coefficient (Wildman–Crippen LogP) is 4.90. The van der Waals surface area contributed by atoms with Crippen molar-refractivity contribution in [1.82, 2.24) is 5.32 Å². The molecule has 2 atom stereocenters. The number of nitro benzene ring substituents is 1. The molecule has 3 aromatic rings. The van der Waals surface area contributed by atoms with Crippen molar-refractivity contribution in [3.05, 3.63) is 106 Å². The number of esters is 1. The van der Waals surface area contributed by atoms with Crippen LogP contribution in [0.4, 0.5) is 10.5 Å². The Labute approximate surface area is 219 Å². The molecule has 0 saturated carbocycles. The molecule has 200 valence electrons. The van der Waals surface area contributed by atoms with Crippen LogP contribution in [0.5, 0.6) is 5.75 Å². The number of rotatable bonds is 12. The number of hydrogen-bond acceptors (Lipinski definition) is 8. The van der Waals surface area contributed by atoms with Gasteiger partial charge in [-0.2, -0.15) is 0 Å². The number of aryl methyl sites for hydroxylation is 1. The molecule has 0 aliphatic heterocycles. The number of amides is 1. The molecule has 0 aromatic heterocycles. The van der Waals surface area contributed by atoms with Crippen LogP contribution in [0.1, 0.15) is 23.1 Å². The second kappa shape index (κ2) is 13.4. The first-order valence-electron chi connectivity index (χ1n) is 11.6. The van der Waals surface area contributed by atoms with Gasteiger partial charge >= 0.3 is 19.7 Å². The first-order valence-corrected chi connectivity index (χ1v) is 13.3. The van der Waals surface area contributed by atoms with Crippen LogP contribution in [-0.4, -0.2) is 34.1 Å². The molecule has 2 N–H and O–H groups in total. The summed E-state index contributed by atoms with van der Waals surface area (Å²) in [6.45, 7) is 1.44. The molecule has 0 aliphatic rings. The zero-order valence-corrected chi connectivity index (χ0v) is 21.4. The SMILES string of the molecule is Cc1ccccc1OP(=O)(O)CCC(NC(=O)OCc1ccc([N+](=O)[O-])cc1)C(=O)OCc1ccccc1. The topological polar surface area (TPSA) is 154 Å². The van der Waals surface area contributed by atoms with Crippen LogP contribution in [0.3, 0.4) is 0 Å². The van der Waals surface area contributed by atoms with Crippen LogP contribution in [0, 0.1) is 17.0 Å². The number of ether oxygens (including phenoxy) is 2. The highest BCUT2D eigenvalue weighted by atomic mass is 31.2.